The van der Waals surface area contributed by atoms with Crippen LogP contribution in [-0.4, -0.2) is 41.3 Å². The standard InChI is InChI=1S/C14H24N4O/c1-5-15-6-12-7-16-13(17-8-12)18-9-11(2)19-14(3,4)10-18/h7-8,11,15H,5-6,9-10H2,1-4H3. The number of nitrogens with one attached hydrogen (secondary N) is 1. The van der Waals surface area contributed by atoms with Crippen LogP contribution in [0.3, 0.4) is 0 Å². The molecule has 1 saturated heterocycles. The van der Waals surface area contributed by atoms with Crippen LogP contribution in [0, 0.1) is 0 Å². The molecule has 5 heteroatoms. The molecule has 1 unspecified atom stereocenters. The zero-order valence-corrected chi connectivity index (χ0v) is 12.3. The maximum absolute atomic E-state index is 5.89. The van der Waals surface area contributed by atoms with E-state index in [0.29, 0.717) is 0 Å². The SMILES string of the molecule is CCNCc1cnc(N2CC(C)OC(C)(C)C2)nc1. The van der Waals surface area contributed by atoms with Crippen LogP contribution in [0.25, 0.3) is 0 Å². The highest BCUT2D eigenvalue weighted by Crippen LogP contribution is 2.23. The van der Waals surface area contributed by atoms with E-state index in [2.05, 4.69) is 47.9 Å². The monoisotopic (exact) mass is 264 g/mol. The second kappa shape index (κ2) is 5.84. The first-order valence-electron chi connectivity index (χ1n) is 6.94. The fourth-order valence-electron chi connectivity index (χ4n) is 2.48. The summed E-state index contributed by atoms with van der Waals surface area (Å²) in [5.74, 6) is 0.795. The normalized spacial score (nSPS) is 22.5. The molecule has 0 spiro atoms. The smallest absolute Gasteiger partial charge is 0.225 e. The summed E-state index contributed by atoms with van der Waals surface area (Å²) < 4.78 is 5.89. The number of anilines is 1. The molecule has 1 aliphatic heterocycles. The van der Waals surface area contributed by atoms with Crippen LogP contribution in [0.4, 0.5) is 5.95 Å². The van der Waals surface area contributed by atoms with E-state index in [1.165, 1.54) is 0 Å². The maximum Gasteiger partial charge on any atom is 0.225 e. The van der Waals surface area contributed by atoms with Crippen molar-refractivity contribution in [2.75, 3.05) is 24.5 Å². The van der Waals surface area contributed by atoms with Crippen LogP contribution in [0.1, 0.15) is 33.3 Å². The lowest BCUT2D eigenvalue weighted by atomic mass is 10.1. The minimum atomic E-state index is -0.149. The third kappa shape index (κ3) is 3.88. The molecule has 5 nitrogen and oxygen atoms in total. The van der Waals surface area contributed by atoms with Crippen molar-refractivity contribution in [2.45, 2.75) is 45.9 Å². The number of rotatable bonds is 4. The Morgan fingerprint density at radius 2 is 2.11 bits per heavy atom. The first-order chi connectivity index (χ1) is 9.00. The lowest BCUT2D eigenvalue weighted by Gasteiger charge is -2.41. The number of ether oxygens (including phenoxy) is 1. The van der Waals surface area contributed by atoms with Gasteiger partial charge in [0.2, 0.25) is 5.95 Å². The molecule has 1 aromatic rings. The molecule has 0 amide bonds. The zero-order chi connectivity index (χ0) is 13.9. The highest BCUT2D eigenvalue weighted by molar-refractivity contribution is 5.32. The Balaban J connectivity index is 2.05. The van der Waals surface area contributed by atoms with Gasteiger partial charge in [-0.2, -0.15) is 0 Å². The summed E-state index contributed by atoms with van der Waals surface area (Å²) in [7, 11) is 0. The van der Waals surface area contributed by atoms with Crippen molar-refractivity contribution in [3.63, 3.8) is 0 Å². The van der Waals surface area contributed by atoms with Gasteiger partial charge in [0.15, 0.2) is 0 Å². The number of nitrogens with zero attached hydrogens (tertiary/aromatic N) is 3. The van der Waals surface area contributed by atoms with E-state index in [9.17, 15) is 0 Å². The molecule has 2 heterocycles. The topological polar surface area (TPSA) is 50.3 Å². The average Bonchev–Trinajstić information content (AvgIpc) is 2.34. The molecule has 0 aliphatic carbocycles. The van der Waals surface area contributed by atoms with Crippen molar-refractivity contribution in [3.8, 4) is 0 Å². The summed E-state index contributed by atoms with van der Waals surface area (Å²) in [6, 6.07) is 0. The van der Waals surface area contributed by atoms with Gasteiger partial charge in [0.1, 0.15) is 0 Å². The molecule has 0 saturated carbocycles. The average molecular weight is 264 g/mol. The quantitative estimate of drug-likeness (QED) is 0.895. The van der Waals surface area contributed by atoms with Crippen LogP contribution in [-0.2, 0) is 11.3 Å². The summed E-state index contributed by atoms with van der Waals surface area (Å²) in [5, 5.41) is 3.27. The van der Waals surface area contributed by atoms with Gasteiger partial charge in [-0.15, -0.1) is 0 Å². The Hall–Kier alpha value is -1.20. The first-order valence-corrected chi connectivity index (χ1v) is 6.94. The van der Waals surface area contributed by atoms with Gasteiger partial charge >= 0.3 is 0 Å². The lowest BCUT2D eigenvalue weighted by Crippen LogP contribution is -2.52. The number of hydrogen-bond acceptors (Lipinski definition) is 5. The van der Waals surface area contributed by atoms with Gasteiger partial charge < -0.3 is 15.0 Å². The molecule has 1 atom stereocenters. The zero-order valence-electron chi connectivity index (χ0n) is 12.3. The predicted molar refractivity (Wildman–Crippen MR) is 76.3 cm³/mol. The molecule has 19 heavy (non-hydrogen) atoms. The van der Waals surface area contributed by atoms with Gasteiger partial charge in [-0.3, -0.25) is 0 Å². The minimum Gasteiger partial charge on any atom is -0.369 e. The maximum atomic E-state index is 5.89. The molecule has 0 radical (unpaired) electrons. The van der Waals surface area contributed by atoms with Crippen molar-refractivity contribution in [3.05, 3.63) is 18.0 Å². The summed E-state index contributed by atoms with van der Waals surface area (Å²) in [4.78, 5) is 11.1. The van der Waals surface area contributed by atoms with E-state index in [0.717, 1.165) is 37.7 Å². The predicted octanol–water partition coefficient (Wildman–Crippen LogP) is 1.59. The summed E-state index contributed by atoms with van der Waals surface area (Å²) in [5.41, 5.74) is 0.967. The van der Waals surface area contributed by atoms with E-state index in [1.54, 1.807) is 0 Å². The highest BCUT2D eigenvalue weighted by atomic mass is 16.5. The Kier molecular flexibility index (Phi) is 4.37. The molecular formula is C14H24N4O. The molecule has 0 aromatic carbocycles. The van der Waals surface area contributed by atoms with Crippen molar-refractivity contribution in [1.29, 1.82) is 0 Å². The number of morpholine rings is 1. The van der Waals surface area contributed by atoms with E-state index < -0.39 is 0 Å². The minimum absolute atomic E-state index is 0.149. The van der Waals surface area contributed by atoms with E-state index in [1.807, 2.05) is 12.4 Å². The van der Waals surface area contributed by atoms with Gasteiger partial charge in [0.25, 0.3) is 0 Å². The second-order valence-corrected chi connectivity index (χ2v) is 5.74. The van der Waals surface area contributed by atoms with Gasteiger partial charge in [0.05, 0.1) is 11.7 Å². The van der Waals surface area contributed by atoms with Gasteiger partial charge in [-0.25, -0.2) is 9.97 Å². The highest BCUT2D eigenvalue weighted by Gasteiger charge is 2.32. The van der Waals surface area contributed by atoms with Gasteiger partial charge in [-0.05, 0) is 27.3 Å². The van der Waals surface area contributed by atoms with Crippen LogP contribution in [0.15, 0.2) is 12.4 Å². The fourth-order valence-corrected chi connectivity index (χ4v) is 2.48. The largest absolute Gasteiger partial charge is 0.369 e. The third-order valence-corrected chi connectivity index (χ3v) is 3.12. The van der Waals surface area contributed by atoms with Crippen LogP contribution in [0.5, 0.6) is 0 Å². The van der Waals surface area contributed by atoms with Gasteiger partial charge in [0, 0.05) is 37.6 Å². The molecule has 0 bridgehead atoms. The Morgan fingerprint density at radius 3 is 2.68 bits per heavy atom. The summed E-state index contributed by atoms with van der Waals surface area (Å²) >= 11 is 0. The second-order valence-electron chi connectivity index (χ2n) is 5.74. The number of aromatic nitrogens is 2. The van der Waals surface area contributed by atoms with E-state index in [-0.39, 0.29) is 11.7 Å². The molecular weight excluding hydrogens is 240 g/mol. The van der Waals surface area contributed by atoms with Crippen molar-refractivity contribution >= 4 is 5.95 Å². The van der Waals surface area contributed by atoms with Crippen LogP contribution >= 0.6 is 0 Å². The Morgan fingerprint density at radius 1 is 1.42 bits per heavy atom. The third-order valence-electron chi connectivity index (χ3n) is 3.12. The van der Waals surface area contributed by atoms with Crippen molar-refractivity contribution < 1.29 is 4.74 Å². The molecule has 106 valence electrons. The van der Waals surface area contributed by atoms with Crippen molar-refractivity contribution in [1.82, 2.24) is 15.3 Å². The lowest BCUT2D eigenvalue weighted by molar-refractivity contribution is -0.0753. The molecule has 1 fully saturated rings. The molecule has 1 aromatic heterocycles. The molecule has 2 rings (SSSR count). The Labute approximate surface area is 115 Å². The van der Waals surface area contributed by atoms with E-state index >= 15 is 0 Å². The van der Waals surface area contributed by atoms with Gasteiger partial charge in [-0.1, -0.05) is 6.92 Å². The number of hydrogen-bond donors (Lipinski definition) is 1. The van der Waals surface area contributed by atoms with Crippen LogP contribution in [0.2, 0.25) is 0 Å². The summed E-state index contributed by atoms with van der Waals surface area (Å²) in [6.07, 6.45) is 4.00. The van der Waals surface area contributed by atoms with Crippen LogP contribution < -0.4 is 10.2 Å². The molecule has 1 N–H and O–H groups in total. The van der Waals surface area contributed by atoms with Crippen molar-refractivity contribution in [2.24, 2.45) is 0 Å². The van der Waals surface area contributed by atoms with E-state index in [4.69, 9.17) is 4.74 Å². The summed E-state index contributed by atoms with van der Waals surface area (Å²) in [6.45, 7) is 11.8. The fraction of sp³-hybridized carbons (Fsp3) is 0.714. The first kappa shape index (κ1) is 14.2. The Bertz CT molecular complexity index is 404. The molecule has 1 aliphatic rings.